The van der Waals surface area contributed by atoms with E-state index in [1.807, 2.05) is 19.9 Å². The second-order valence-corrected chi connectivity index (χ2v) is 4.22. The smallest absolute Gasteiger partial charge is 0.237 e. The van der Waals surface area contributed by atoms with Crippen LogP contribution in [-0.2, 0) is 4.79 Å². The van der Waals surface area contributed by atoms with Crippen LogP contribution in [-0.4, -0.2) is 17.1 Å². The van der Waals surface area contributed by atoms with Gasteiger partial charge in [0, 0.05) is 0 Å². The average molecular weight is 236 g/mol. The summed E-state index contributed by atoms with van der Waals surface area (Å²) in [5.74, 6) is 0.0455. The van der Waals surface area contributed by atoms with Crippen LogP contribution in [0.15, 0.2) is 24.3 Å². The second kappa shape index (κ2) is 6.25. The Balaban J connectivity index is 2.60. The Labute approximate surface area is 102 Å². The molecule has 17 heavy (non-hydrogen) atoms. The monoisotopic (exact) mass is 236 g/mol. The van der Waals surface area contributed by atoms with E-state index in [-0.39, 0.29) is 17.7 Å². The van der Waals surface area contributed by atoms with E-state index >= 15 is 0 Å². The molecule has 2 atom stereocenters. The second-order valence-electron chi connectivity index (χ2n) is 4.22. The van der Waals surface area contributed by atoms with Gasteiger partial charge in [0.15, 0.2) is 0 Å². The van der Waals surface area contributed by atoms with Crippen molar-refractivity contribution in [1.29, 1.82) is 0 Å². The van der Waals surface area contributed by atoms with Crippen molar-refractivity contribution in [2.75, 3.05) is 0 Å². The predicted octanol–water partition coefficient (Wildman–Crippen LogP) is 1.70. The Hall–Kier alpha value is -1.55. The van der Waals surface area contributed by atoms with E-state index in [2.05, 4.69) is 5.32 Å². The summed E-state index contributed by atoms with van der Waals surface area (Å²) >= 11 is 0. The summed E-state index contributed by atoms with van der Waals surface area (Å²) in [7, 11) is 0. The van der Waals surface area contributed by atoms with Crippen LogP contribution in [0.3, 0.4) is 0 Å². The molecule has 0 radical (unpaired) electrons. The normalized spacial score (nSPS) is 14.1. The van der Waals surface area contributed by atoms with Crippen molar-refractivity contribution < 1.29 is 9.90 Å². The molecule has 1 rings (SSSR count). The van der Waals surface area contributed by atoms with E-state index in [9.17, 15) is 9.90 Å². The maximum absolute atomic E-state index is 11.7. The fourth-order valence-electron chi connectivity index (χ4n) is 1.64. The maximum Gasteiger partial charge on any atom is 0.237 e. The molecule has 0 bridgehead atoms. The number of carbonyl (C=O) groups excluding carboxylic acids is 1. The van der Waals surface area contributed by atoms with Gasteiger partial charge in [-0.15, -0.1) is 0 Å². The zero-order chi connectivity index (χ0) is 12.8. The first-order valence-electron chi connectivity index (χ1n) is 5.89. The number of hydrogen-bond acceptors (Lipinski definition) is 3. The van der Waals surface area contributed by atoms with Gasteiger partial charge >= 0.3 is 0 Å². The van der Waals surface area contributed by atoms with Crippen molar-refractivity contribution in [2.45, 2.75) is 38.8 Å². The van der Waals surface area contributed by atoms with Gasteiger partial charge in [-0.1, -0.05) is 25.5 Å². The van der Waals surface area contributed by atoms with Crippen LogP contribution >= 0.6 is 0 Å². The molecule has 0 aliphatic carbocycles. The largest absolute Gasteiger partial charge is 0.508 e. The molecule has 0 saturated carbocycles. The Bertz CT molecular complexity index is 379. The molecule has 1 aromatic carbocycles. The van der Waals surface area contributed by atoms with Crippen LogP contribution in [0, 0.1) is 0 Å². The molecule has 0 aliphatic heterocycles. The Morgan fingerprint density at radius 3 is 2.82 bits per heavy atom. The lowest BCUT2D eigenvalue weighted by atomic mass is 10.1. The molecule has 1 amide bonds. The van der Waals surface area contributed by atoms with Gasteiger partial charge < -0.3 is 16.2 Å². The summed E-state index contributed by atoms with van der Waals surface area (Å²) in [6.07, 6.45) is 1.56. The van der Waals surface area contributed by atoms with Crippen molar-refractivity contribution in [3.8, 4) is 5.75 Å². The molecule has 0 heterocycles. The first-order chi connectivity index (χ1) is 8.04. The molecule has 1 aromatic rings. The van der Waals surface area contributed by atoms with Crippen LogP contribution < -0.4 is 11.1 Å². The van der Waals surface area contributed by atoms with Crippen LogP contribution in [0.5, 0.6) is 5.75 Å². The van der Waals surface area contributed by atoms with Crippen molar-refractivity contribution in [2.24, 2.45) is 5.73 Å². The van der Waals surface area contributed by atoms with E-state index in [1.165, 1.54) is 0 Å². The third kappa shape index (κ3) is 4.07. The molecule has 0 saturated heterocycles. The van der Waals surface area contributed by atoms with Crippen LogP contribution in [0.25, 0.3) is 0 Å². The molecule has 0 spiro atoms. The number of amides is 1. The van der Waals surface area contributed by atoms with Gasteiger partial charge in [-0.2, -0.15) is 0 Å². The minimum Gasteiger partial charge on any atom is -0.508 e. The molecule has 4 N–H and O–H groups in total. The van der Waals surface area contributed by atoms with Gasteiger partial charge in [-0.3, -0.25) is 4.79 Å². The molecular formula is C13H20N2O2. The van der Waals surface area contributed by atoms with Gasteiger partial charge in [0.1, 0.15) is 5.75 Å². The number of rotatable bonds is 5. The molecule has 1 unspecified atom stereocenters. The van der Waals surface area contributed by atoms with E-state index in [4.69, 9.17) is 5.73 Å². The highest BCUT2D eigenvalue weighted by molar-refractivity contribution is 5.81. The zero-order valence-corrected chi connectivity index (χ0v) is 10.3. The third-order valence-electron chi connectivity index (χ3n) is 2.67. The lowest BCUT2D eigenvalue weighted by Gasteiger charge is -2.17. The molecule has 0 aliphatic rings. The summed E-state index contributed by atoms with van der Waals surface area (Å²) in [5.41, 5.74) is 6.59. The minimum atomic E-state index is -0.459. The summed E-state index contributed by atoms with van der Waals surface area (Å²) in [6.45, 7) is 3.86. The van der Waals surface area contributed by atoms with E-state index in [1.54, 1.807) is 18.2 Å². The van der Waals surface area contributed by atoms with Crippen molar-refractivity contribution in [3.63, 3.8) is 0 Å². The van der Waals surface area contributed by atoms with Gasteiger partial charge in [-0.05, 0) is 31.0 Å². The van der Waals surface area contributed by atoms with Crippen LogP contribution in [0.4, 0.5) is 0 Å². The number of benzene rings is 1. The number of hydrogen-bond donors (Lipinski definition) is 3. The molecule has 0 fully saturated rings. The zero-order valence-electron chi connectivity index (χ0n) is 10.3. The highest BCUT2D eigenvalue weighted by Gasteiger charge is 2.15. The lowest BCUT2D eigenvalue weighted by Crippen LogP contribution is -2.41. The molecule has 94 valence electrons. The number of nitrogens with two attached hydrogens (primary N) is 1. The summed E-state index contributed by atoms with van der Waals surface area (Å²) in [6, 6.07) is 6.23. The van der Waals surface area contributed by atoms with Crippen LogP contribution in [0.1, 0.15) is 38.3 Å². The lowest BCUT2D eigenvalue weighted by molar-refractivity contribution is -0.123. The molecule has 4 nitrogen and oxygen atoms in total. The number of phenolic OH excluding ortho intramolecular Hbond substituents is 1. The molecule has 4 heteroatoms. The van der Waals surface area contributed by atoms with Crippen molar-refractivity contribution in [3.05, 3.63) is 29.8 Å². The first-order valence-corrected chi connectivity index (χ1v) is 5.89. The summed E-state index contributed by atoms with van der Waals surface area (Å²) in [4.78, 5) is 11.7. The van der Waals surface area contributed by atoms with Gasteiger partial charge in [0.25, 0.3) is 0 Å². The van der Waals surface area contributed by atoms with Crippen LogP contribution in [0.2, 0.25) is 0 Å². The number of aromatic hydroxyl groups is 1. The van der Waals surface area contributed by atoms with Crippen molar-refractivity contribution in [1.82, 2.24) is 5.32 Å². The maximum atomic E-state index is 11.7. The quantitative estimate of drug-likeness (QED) is 0.728. The Kier molecular flexibility index (Phi) is 4.97. The summed E-state index contributed by atoms with van der Waals surface area (Å²) < 4.78 is 0. The average Bonchev–Trinajstić information content (AvgIpc) is 2.29. The number of phenols is 1. The van der Waals surface area contributed by atoms with Gasteiger partial charge in [-0.25, -0.2) is 0 Å². The van der Waals surface area contributed by atoms with E-state index in [0.717, 1.165) is 12.0 Å². The molecular weight excluding hydrogens is 216 g/mol. The SMILES string of the molecule is CCC[C@H](N)C(=O)NC(C)c1cccc(O)c1. The highest BCUT2D eigenvalue weighted by Crippen LogP contribution is 2.17. The summed E-state index contributed by atoms with van der Waals surface area (Å²) in [5, 5.41) is 12.2. The van der Waals surface area contributed by atoms with Gasteiger partial charge in [0.2, 0.25) is 5.91 Å². The predicted molar refractivity (Wildman–Crippen MR) is 67.5 cm³/mol. The number of nitrogens with one attached hydrogen (secondary N) is 1. The van der Waals surface area contributed by atoms with E-state index in [0.29, 0.717) is 6.42 Å². The minimum absolute atomic E-state index is 0.150. The highest BCUT2D eigenvalue weighted by atomic mass is 16.3. The van der Waals surface area contributed by atoms with E-state index < -0.39 is 6.04 Å². The Morgan fingerprint density at radius 1 is 1.53 bits per heavy atom. The topological polar surface area (TPSA) is 75.4 Å². The Morgan fingerprint density at radius 2 is 2.24 bits per heavy atom. The van der Waals surface area contributed by atoms with Gasteiger partial charge in [0.05, 0.1) is 12.1 Å². The molecule has 0 aromatic heterocycles. The number of carbonyl (C=O) groups is 1. The fraction of sp³-hybridized carbons (Fsp3) is 0.462. The third-order valence-corrected chi connectivity index (χ3v) is 2.67. The fourth-order valence-corrected chi connectivity index (χ4v) is 1.64. The standard InChI is InChI=1S/C13H20N2O2/c1-3-5-12(14)13(17)15-9(2)10-6-4-7-11(16)8-10/h4,6-9,12,16H,3,5,14H2,1-2H3,(H,15,17)/t9?,12-/m0/s1. The first kappa shape index (κ1) is 13.5. The van der Waals surface area contributed by atoms with Crippen molar-refractivity contribution >= 4 is 5.91 Å².